The Hall–Kier alpha value is -4.34. The van der Waals surface area contributed by atoms with E-state index in [0.29, 0.717) is 33.7 Å². The molecule has 1 amide bonds. The first-order valence-electron chi connectivity index (χ1n) is 8.78. The van der Waals surface area contributed by atoms with Crippen molar-refractivity contribution in [2.75, 3.05) is 13.7 Å². The van der Waals surface area contributed by atoms with Crippen molar-refractivity contribution in [1.82, 2.24) is 19.9 Å². The van der Waals surface area contributed by atoms with Crippen molar-refractivity contribution in [3.63, 3.8) is 0 Å². The van der Waals surface area contributed by atoms with E-state index in [4.69, 9.17) is 14.6 Å². The number of rotatable bonds is 6. The average molecular weight is 408 g/mol. The van der Waals surface area contributed by atoms with Crippen LogP contribution in [0.2, 0.25) is 0 Å². The molecule has 10 nitrogen and oxygen atoms in total. The van der Waals surface area contributed by atoms with Gasteiger partial charge in [-0.05, 0) is 30.3 Å². The quantitative estimate of drug-likeness (QED) is 0.442. The third-order valence-electron chi connectivity index (χ3n) is 4.36. The lowest BCUT2D eigenvalue weighted by Crippen LogP contribution is -2.31. The number of hydrogen-bond acceptors (Lipinski definition) is 7. The Balaban J connectivity index is 1.79. The second-order valence-corrected chi connectivity index (χ2v) is 6.26. The summed E-state index contributed by atoms with van der Waals surface area (Å²) >= 11 is 0. The molecule has 0 aliphatic carbocycles. The summed E-state index contributed by atoms with van der Waals surface area (Å²) in [5, 5.41) is 26.5. The van der Waals surface area contributed by atoms with Crippen LogP contribution in [0.5, 0.6) is 23.0 Å². The predicted molar refractivity (Wildman–Crippen MR) is 105 cm³/mol. The minimum absolute atomic E-state index is 0.210. The van der Waals surface area contributed by atoms with Crippen molar-refractivity contribution in [3.8, 4) is 23.0 Å². The van der Waals surface area contributed by atoms with Gasteiger partial charge < -0.3 is 25.0 Å². The highest BCUT2D eigenvalue weighted by Gasteiger charge is 2.22. The third kappa shape index (κ3) is 3.41. The zero-order valence-electron chi connectivity index (χ0n) is 15.7. The maximum absolute atomic E-state index is 12.4. The lowest BCUT2D eigenvalue weighted by Gasteiger charge is -2.12. The van der Waals surface area contributed by atoms with Gasteiger partial charge in [0.15, 0.2) is 17.1 Å². The van der Waals surface area contributed by atoms with Gasteiger partial charge in [0.1, 0.15) is 30.1 Å². The number of carbonyl (C=O) groups is 2. The van der Waals surface area contributed by atoms with Crippen molar-refractivity contribution < 1.29 is 29.3 Å². The fraction of sp³-hybridized carbons (Fsp3) is 0.100. The van der Waals surface area contributed by atoms with Gasteiger partial charge in [-0.15, -0.1) is 0 Å². The van der Waals surface area contributed by atoms with E-state index >= 15 is 0 Å². The highest BCUT2D eigenvalue weighted by atomic mass is 16.5. The van der Waals surface area contributed by atoms with Gasteiger partial charge >= 0.3 is 5.97 Å². The molecule has 3 N–H and O–H groups in total. The standard InChI is InChI=1S/C20H16N4O6/c1-29-11-3-2-4-12(7-11)30-13-5-6-14-15(8-13)19-22-10-23-24(19)17(18(14)27)20(28)21-9-16(25)26/h2-8,10,27H,9H2,1H3,(H,21,28)(H,25,26). The first-order valence-corrected chi connectivity index (χ1v) is 8.78. The van der Waals surface area contributed by atoms with Crippen LogP contribution in [0.1, 0.15) is 10.5 Å². The molecule has 152 valence electrons. The number of pyridine rings is 1. The first-order chi connectivity index (χ1) is 14.5. The smallest absolute Gasteiger partial charge is 0.322 e. The Morgan fingerprint density at radius 2 is 1.87 bits per heavy atom. The van der Waals surface area contributed by atoms with Crippen LogP contribution in [0.4, 0.5) is 0 Å². The van der Waals surface area contributed by atoms with Crippen molar-refractivity contribution in [2.24, 2.45) is 0 Å². The van der Waals surface area contributed by atoms with Crippen molar-refractivity contribution in [2.45, 2.75) is 0 Å². The van der Waals surface area contributed by atoms with Gasteiger partial charge in [-0.3, -0.25) is 9.59 Å². The van der Waals surface area contributed by atoms with Gasteiger partial charge in [0.05, 0.1) is 7.11 Å². The normalized spacial score (nSPS) is 10.8. The average Bonchev–Trinajstić information content (AvgIpc) is 3.22. The third-order valence-corrected chi connectivity index (χ3v) is 4.36. The number of carbonyl (C=O) groups excluding carboxylic acids is 1. The molecule has 0 fully saturated rings. The summed E-state index contributed by atoms with van der Waals surface area (Å²) in [4.78, 5) is 27.3. The minimum atomic E-state index is -1.21. The topological polar surface area (TPSA) is 135 Å². The molecule has 0 spiro atoms. The van der Waals surface area contributed by atoms with E-state index in [1.54, 1.807) is 49.6 Å². The number of hydrogen-bond donors (Lipinski definition) is 3. The summed E-state index contributed by atoms with van der Waals surface area (Å²) < 4.78 is 12.2. The van der Waals surface area contributed by atoms with E-state index < -0.39 is 18.4 Å². The number of nitrogens with zero attached hydrogens (tertiary/aromatic N) is 3. The number of amides is 1. The van der Waals surface area contributed by atoms with Gasteiger partial charge in [-0.1, -0.05) is 6.07 Å². The molecule has 0 unspecified atom stereocenters. The molecular weight excluding hydrogens is 392 g/mol. The Morgan fingerprint density at radius 3 is 2.63 bits per heavy atom. The Kier molecular flexibility index (Phi) is 4.80. The number of fused-ring (bicyclic) bond motifs is 3. The Morgan fingerprint density at radius 1 is 1.10 bits per heavy atom. The highest BCUT2D eigenvalue weighted by molar-refractivity contribution is 6.07. The van der Waals surface area contributed by atoms with Crippen LogP contribution in [-0.4, -0.2) is 50.3 Å². The lowest BCUT2D eigenvalue weighted by atomic mass is 10.1. The molecule has 4 rings (SSSR count). The molecule has 0 saturated heterocycles. The van der Waals surface area contributed by atoms with E-state index in [0.717, 1.165) is 4.52 Å². The molecular formula is C20H16N4O6. The zero-order valence-corrected chi connectivity index (χ0v) is 15.7. The van der Waals surface area contributed by atoms with Crippen molar-refractivity contribution >= 4 is 28.3 Å². The number of aromatic nitrogens is 3. The molecule has 0 aliphatic rings. The predicted octanol–water partition coefficient (Wildman–Crippen LogP) is 2.20. The summed E-state index contributed by atoms with van der Waals surface area (Å²) in [6.07, 6.45) is 1.23. The molecule has 30 heavy (non-hydrogen) atoms. The number of carboxylic acids is 1. The van der Waals surface area contributed by atoms with Crippen LogP contribution in [0, 0.1) is 0 Å². The van der Waals surface area contributed by atoms with Crippen LogP contribution < -0.4 is 14.8 Å². The Labute approximate surface area is 169 Å². The van der Waals surface area contributed by atoms with E-state index in [-0.39, 0.29) is 11.4 Å². The number of ether oxygens (including phenoxy) is 2. The van der Waals surface area contributed by atoms with Crippen LogP contribution in [0.3, 0.4) is 0 Å². The number of aromatic hydroxyl groups is 1. The SMILES string of the molecule is COc1cccc(Oc2ccc3c(O)c(C(=O)NCC(=O)O)n4ncnc4c3c2)c1. The summed E-state index contributed by atoms with van der Waals surface area (Å²) in [6, 6.07) is 12.0. The van der Waals surface area contributed by atoms with E-state index in [2.05, 4.69) is 15.4 Å². The second-order valence-electron chi connectivity index (χ2n) is 6.26. The Bertz CT molecular complexity index is 1280. The summed E-state index contributed by atoms with van der Waals surface area (Å²) in [7, 11) is 1.56. The van der Waals surface area contributed by atoms with Crippen LogP contribution in [0.15, 0.2) is 48.8 Å². The van der Waals surface area contributed by atoms with E-state index in [9.17, 15) is 14.7 Å². The molecule has 0 atom stereocenters. The van der Waals surface area contributed by atoms with Gasteiger partial charge in [0.25, 0.3) is 5.91 Å². The molecule has 4 aromatic rings. The van der Waals surface area contributed by atoms with Crippen LogP contribution >= 0.6 is 0 Å². The molecule has 0 radical (unpaired) electrons. The molecule has 0 bridgehead atoms. The second kappa shape index (κ2) is 7.59. The van der Waals surface area contributed by atoms with Crippen molar-refractivity contribution in [3.05, 3.63) is 54.5 Å². The maximum atomic E-state index is 12.4. The van der Waals surface area contributed by atoms with Crippen LogP contribution in [-0.2, 0) is 4.79 Å². The summed E-state index contributed by atoms with van der Waals surface area (Å²) in [6.45, 7) is -0.597. The molecule has 10 heteroatoms. The van der Waals surface area contributed by atoms with Gasteiger partial charge in [0, 0.05) is 16.8 Å². The molecule has 2 heterocycles. The number of aliphatic carboxylic acids is 1. The number of methoxy groups -OCH3 is 1. The fourth-order valence-electron chi connectivity index (χ4n) is 3.04. The van der Waals surface area contributed by atoms with E-state index in [1.807, 2.05) is 0 Å². The fourth-order valence-corrected chi connectivity index (χ4v) is 3.04. The lowest BCUT2D eigenvalue weighted by molar-refractivity contribution is -0.135. The number of benzene rings is 2. The maximum Gasteiger partial charge on any atom is 0.322 e. The molecule has 0 aliphatic heterocycles. The molecule has 0 saturated carbocycles. The van der Waals surface area contributed by atoms with Crippen LogP contribution in [0.25, 0.3) is 16.4 Å². The highest BCUT2D eigenvalue weighted by Crippen LogP contribution is 2.35. The van der Waals surface area contributed by atoms with Crippen molar-refractivity contribution in [1.29, 1.82) is 0 Å². The first kappa shape index (κ1) is 19.0. The summed E-state index contributed by atoms with van der Waals surface area (Å²) in [5.74, 6) is -0.674. The van der Waals surface area contributed by atoms with E-state index in [1.165, 1.54) is 6.33 Å². The van der Waals surface area contributed by atoms with Gasteiger partial charge in [-0.25, -0.2) is 9.50 Å². The summed E-state index contributed by atoms with van der Waals surface area (Å²) in [5.41, 5.74) is 0.0945. The number of nitrogens with one attached hydrogen (secondary N) is 1. The number of carboxylic acid groups (broad SMARTS) is 1. The largest absolute Gasteiger partial charge is 0.505 e. The molecule has 2 aromatic heterocycles. The van der Waals surface area contributed by atoms with Gasteiger partial charge in [0.2, 0.25) is 0 Å². The zero-order chi connectivity index (χ0) is 21.3. The van der Waals surface area contributed by atoms with Gasteiger partial charge in [-0.2, -0.15) is 5.10 Å². The molecule has 2 aromatic carbocycles. The minimum Gasteiger partial charge on any atom is -0.505 e. The monoisotopic (exact) mass is 408 g/mol.